The Labute approximate surface area is 162 Å². The molecule has 0 aliphatic heterocycles. The van der Waals surface area contributed by atoms with Crippen LogP contribution in [-0.4, -0.2) is 41.3 Å². The summed E-state index contributed by atoms with van der Waals surface area (Å²) in [5.74, 6) is -0.00993. The van der Waals surface area contributed by atoms with Crippen molar-refractivity contribution in [2.75, 3.05) is 14.1 Å². The summed E-state index contributed by atoms with van der Waals surface area (Å²) in [6, 6.07) is 20.2. The summed E-state index contributed by atoms with van der Waals surface area (Å²) >= 11 is 0. The number of carbonyl (C=O) groups is 1. The van der Waals surface area contributed by atoms with Gasteiger partial charge in [-0.2, -0.15) is 10.2 Å². The Balaban J connectivity index is 2.14. The van der Waals surface area contributed by atoms with Crippen LogP contribution in [0, 0.1) is 0 Å². The van der Waals surface area contributed by atoms with Crippen LogP contribution in [0.25, 0.3) is 0 Å². The molecule has 142 valence electrons. The zero-order valence-electron chi connectivity index (χ0n) is 16.6. The van der Waals surface area contributed by atoms with Crippen LogP contribution in [0.2, 0.25) is 0 Å². The molecule has 0 atom stereocenters. The molecule has 0 N–H and O–H groups in total. The third-order valence-electron chi connectivity index (χ3n) is 4.03. The fourth-order valence-corrected chi connectivity index (χ4v) is 2.74. The van der Waals surface area contributed by atoms with Crippen LogP contribution in [0.1, 0.15) is 31.4 Å². The lowest BCUT2D eigenvalue weighted by Crippen LogP contribution is -2.28. The first-order valence-corrected chi connectivity index (χ1v) is 9.17. The first-order valence-electron chi connectivity index (χ1n) is 9.17. The molecule has 0 aromatic heterocycles. The molecule has 5 nitrogen and oxygen atoms in total. The van der Waals surface area contributed by atoms with Gasteiger partial charge in [0.2, 0.25) is 0 Å². The number of hydrazone groups is 2. The molecule has 27 heavy (non-hydrogen) atoms. The summed E-state index contributed by atoms with van der Waals surface area (Å²) < 4.78 is 0. The van der Waals surface area contributed by atoms with Gasteiger partial charge in [-0.05, 0) is 18.1 Å². The number of hydrogen-bond donors (Lipinski definition) is 0. The molecule has 0 bridgehead atoms. The van der Waals surface area contributed by atoms with Crippen molar-refractivity contribution in [1.29, 1.82) is 0 Å². The average Bonchev–Trinajstić information content (AvgIpc) is 2.67. The predicted molar refractivity (Wildman–Crippen MR) is 112 cm³/mol. The Kier molecular flexibility index (Phi) is 7.74. The van der Waals surface area contributed by atoms with Gasteiger partial charge in [0.25, 0.3) is 0 Å². The fourth-order valence-electron chi connectivity index (χ4n) is 2.74. The lowest BCUT2D eigenvalue weighted by molar-refractivity contribution is -0.112. The molecule has 2 rings (SSSR count). The van der Waals surface area contributed by atoms with Gasteiger partial charge in [-0.15, -0.1) is 0 Å². The number of Topliss-reactive ketones (excluding diaryl/α,β-unsaturated/α-hetero) is 1. The van der Waals surface area contributed by atoms with Crippen LogP contribution in [0.4, 0.5) is 0 Å². The van der Waals surface area contributed by atoms with Crippen molar-refractivity contribution >= 4 is 17.2 Å². The topological polar surface area (TPSA) is 48.3 Å². The largest absolute Gasteiger partial charge is 0.295 e. The number of ketones is 1. The lowest BCUT2D eigenvalue weighted by atomic mass is 10.1. The molecule has 0 saturated carbocycles. The van der Waals surface area contributed by atoms with Gasteiger partial charge in [0.1, 0.15) is 5.71 Å². The van der Waals surface area contributed by atoms with Crippen LogP contribution in [-0.2, 0) is 17.9 Å². The SMILES string of the molecule is CCC(=O)C(=N\N(C)Cc1ccccc1)/C(C)=N/N(C)Cc1ccccc1. The van der Waals surface area contributed by atoms with Crippen molar-refractivity contribution in [1.82, 2.24) is 10.0 Å². The van der Waals surface area contributed by atoms with Gasteiger partial charge in [0.15, 0.2) is 5.78 Å². The minimum absolute atomic E-state index is 0.00993. The standard InChI is InChI=1S/C22H28N4O/c1-5-21(27)22(24-26(4)17-20-14-10-7-11-15-20)18(2)23-25(3)16-19-12-8-6-9-13-19/h6-15H,5,16-17H2,1-4H3/b23-18+,24-22-. The normalized spacial score (nSPS) is 12.0. The first kappa shape index (κ1) is 20.4. The van der Waals surface area contributed by atoms with E-state index in [1.54, 1.807) is 5.01 Å². The number of nitrogens with zero attached hydrogens (tertiary/aromatic N) is 4. The van der Waals surface area contributed by atoms with E-state index in [-0.39, 0.29) is 5.78 Å². The molecule has 0 saturated heterocycles. The zero-order chi connectivity index (χ0) is 19.6. The zero-order valence-corrected chi connectivity index (χ0v) is 16.6. The number of benzene rings is 2. The smallest absolute Gasteiger partial charge is 0.184 e. The van der Waals surface area contributed by atoms with Crippen molar-refractivity contribution in [3.63, 3.8) is 0 Å². The van der Waals surface area contributed by atoms with Crippen LogP contribution < -0.4 is 0 Å². The van der Waals surface area contributed by atoms with E-state index in [2.05, 4.69) is 22.3 Å². The van der Waals surface area contributed by atoms with Gasteiger partial charge in [-0.1, -0.05) is 67.6 Å². The second-order valence-corrected chi connectivity index (χ2v) is 6.51. The van der Waals surface area contributed by atoms with Gasteiger partial charge in [-0.3, -0.25) is 14.8 Å². The number of rotatable bonds is 9. The summed E-state index contributed by atoms with van der Waals surface area (Å²) in [6.07, 6.45) is 0.396. The van der Waals surface area contributed by atoms with E-state index < -0.39 is 0 Å². The van der Waals surface area contributed by atoms with E-state index in [0.29, 0.717) is 30.9 Å². The highest BCUT2D eigenvalue weighted by Gasteiger charge is 2.15. The Hall–Kier alpha value is -2.95. The monoisotopic (exact) mass is 364 g/mol. The van der Waals surface area contributed by atoms with Crippen molar-refractivity contribution in [2.45, 2.75) is 33.4 Å². The number of carbonyl (C=O) groups excluding carboxylic acids is 1. The summed E-state index contributed by atoms with van der Waals surface area (Å²) in [5, 5.41) is 12.7. The van der Waals surface area contributed by atoms with E-state index in [4.69, 9.17) is 0 Å². The molecule has 0 amide bonds. The lowest BCUT2D eigenvalue weighted by Gasteiger charge is -2.18. The minimum atomic E-state index is -0.00993. The van der Waals surface area contributed by atoms with Gasteiger partial charge in [0.05, 0.1) is 18.8 Å². The van der Waals surface area contributed by atoms with E-state index in [0.717, 1.165) is 11.1 Å². The highest BCUT2D eigenvalue weighted by atomic mass is 16.1. The van der Waals surface area contributed by atoms with Crippen LogP contribution in [0.3, 0.4) is 0 Å². The maximum atomic E-state index is 12.4. The summed E-state index contributed by atoms with van der Waals surface area (Å²) in [4.78, 5) is 12.4. The van der Waals surface area contributed by atoms with E-state index in [9.17, 15) is 4.79 Å². The van der Waals surface area contributed by atoms with E-state index >= 15 is 0 Å². The summed E-state index contributed by atoms with van der Waals surface area (Å²) in [7, 11) is 3.77. The molecule has 0 spiro atoms. The van der Waals surface area contributed by atoms with E-state index in [1.165, 1.54) is 0 Å². The highest BCUT2D eigenvalue weighted by molar-refractivity contribution is 6.66. The van der Waals surface area contributed by atoms with Gasteiger partial charge >= 0.3 is 0 Å². The molecule has 2 aromatic carbocycles. The van der Waals surface area contributed by atoms with Crippen LogP contribution >= 0.6 is 0 Å². The Morgan fingerprint density at radius 3 is 1.70 bits per heavy atom. The van der Waals surface area contributed by atoms with Gasteiger partial charge < -0.3 is 0 Å². The third kappa shape index (κ3) is 6.70. The van der Waals surface area contributed by atoms with Crippen LogP contribution in [0.5, 0.6) is 0 Å². The quantitative estimate of drug-likeness (QED) is 0.500. The fraction of sp³-hybridized carbons (Fsp3) is 0.318. The van der Waals surface area contributed by atoms with E-state index in [1.807, 2.05) is 81.5 Å². The van der Waals surface area contributed by atoms with Gasteiger partial charge in [-0.25, -0.2) is 0 Å². The second kappa shape index (κ2) is 10.3. The summed E-state index contributed by atoms with van der Waals surface area (Å²) in [5.41, 5.74) is 3.34. The minimum Gasteiger partial charge on any atom is -0.295 e. The molecule has 2 aromatic rings. The molecule has 0 heterocycles. The summed E-state index contributed by atoms with van der Waals surface area (Å²) in [6.45, 7) is 4.99. The molecule has 0 aliphatic rings. The molecule has 0 fully saturated rings. The second-order valence-electron chi connectivity index (χ2n) is 6.51. The van der Waals surface area contributed by atoms with Crippen molar-refractivity contribution in [2.24, 2.45) is 10.2 Å². The molecular formula is C22H28N4O. The van der Waals surface area contributed by atoms with Gasteiger partial charge in [0, 0.05) is 20.5 Å². The molecular weight excluding hydrogens is 336 g/mol. The Morgan fingerprint density at radius 2 is 1.26 bits per heavy atom. The van der Waals surface area contributed by atoms with Crippen LogP contribution in [0.15, 0.2) is 70.9 Å². The Bertz CT molecular complexity index is 784. The Morgan fingerprint density at radius 1 is 0.815 bits per heavy atom. The molecule has 0 aliphatic carbocycles. The molecule has 5 heteroatoms. The van der Waals surface area contributed by atoms with Crippen molar-refractivity contribution in [3.05, 3.63) is 71.8 Å². The van der Waals surface area contributed by atoms with Crippen molar-refractivity contribution < 1.29 is 4.79 Å². The highest BCUT2D eigenvalue weighted by Crippen LogP contribution is 2.06. The number of hydrogen-bond acceptors (Lipinski definition) is 5. The molecule has 0 radical (unpaired) electrons. The average molecular weight is 364 g/mol. The third-order valence-corrected chi connectivity index (χ3v) is 4.03. The first-order chi connectivity index (χ1) is 13.0. The predicted octanol–water partition coefficient (Wildman–Crippen LogP) is 3.96. The molecule has 0 unspecified atom stereocenters. The van der Waals surface area contributed by atoms with Crippen molar-refractivity contribution in [3.8, 4) is 0 Å². The maximum Gasteiger partial charge on any atom is 0.184 e. The maximum absolute atomic E-state index is 12.4.